The Bertz CT molecular complexity index is 8.49. The summed E-state index contributed by atoms with van der Waals surface area (Å²) in [4.78, 5) is 0. The Balaban J connectivity index is -0.0000000160. The van der Waals surface area contributed by atoms with Gasteiger partial charge in [0.1, 0.15) is 0 Å². The Morgan fingerprint density at radius 1 is 0.625 bits per heavy atom. The van der Waals surface area contributed by atoms with Gasteiger partial charge in [-0.05, 0) is 0 Å². The molecule has 0 N–H and O–H groups in total. The van der Waals surface area contributed by atoms with Crippen molar-refractivity contribution in [2.75, 3.05) is 0 Å². The summed E-state index contributed by atoms with van der Waals surface area (Å²) in [6, 6.07) is 0. The summed E-state index contributed by atoms with van der Waals surface area (Å²) < 4.78 is 0. The van der Waals surface area contributed by atoms with Gasteiger partial charge in [0.2, 0.25) is 0 Å². The average molecular weight is 262 g/mol. The minimum absolute atomic E-state index is 0. The van der Waals surface area contributed by atoms with Gasteiger partial charge in [-0.3, -0.25) is 0 Å². The van der Waals surface area contributed by atoms with Gasteiger partial charge in [-0.15, -0.1) is 0 Å². The molecule has 0 aliphatic carbocycles. The predicted octanol–water partition coefficient (Wildman–Crippen LogP) is 2.08. The quantitative estimate of drug-likeness (QED) is 0.586. The van der Waals surface area contributed by atoms with E-state index >= 15 is 0 Å². The molecular formula is C6H12Y2-4. The second kappa shape index (κ2) is 35.0. The molecule has 0 bridgehead atoms. The van der Waals surface area contributed by atoms with E-state index < -0.39 is 0 Å². The molecule has 0 heterocycles. The molecule has 0 atom stereocenters. The fourth-order valence-electron chi connectivity index (χ4n) is 0. The first kappa shape index (κ1) is 22.5. The maximum Gasteiger partial charge on any atom is 0 e. The molecule has 0 aliphatic heterocycles. The van der Waals surface area contributed by atoms with Gasteiger partial charge in [-0.2, -0.15) is 0 Å². The van der Waals surface area contributed by atoms with E-state index in [-0.39, 0.29) is 65.4 Å². The van der Waals surface area contributed by atoms with Crippen LogP contribution in [0.2, 0.25) is 0 Å². The molecule has 0 aromatic carbocycles. The summed E-state index contributed by atoms with van der Waals surface area (Å²) in [6.07, 6.45) is 1.50. The molecule has 0 unspecified atom stereocenters. The first-order valence-corrected chi connectivity index (χ1v) is 2.00. The van der Waals surface area contributed by atoms with Crippen molar-refractivity contribution in [1.29, 1.82) is 0 Å². The van der Waals surface area contributed by atoms with E-state index in [0.29, 0.717) is 0 Å². The Morgan fingerprint density at radius 2 is 0.625 bits per heavy atom. The number of rotatable bonds is 0. The molecule has 0 aromatic heterocycles. The third-order valence-electron chi connectivity index (χ3n) is 0. The Hall–Kier alpha value is 2.21. The van der Waals surface area contributed by atoms with Crippen LogP contribution >= 0.6 is 0 Å². The Kier molecular flexibility index (Phi) is 98.4. The van der Waals surface area contributed by atoms with Crippen LogP contribution < -0.4 is 0 Å². The third kappa shape index (κ3) is 87.5. The molecule has 0 spiro atoms. The van der Waals surface area contributed by atoms with Crippen molar-refractivity contribution >= 4 is 0 Å². The fraction of sp³-hybridized carbons (Fsp3) is 0.333. The minimum atomic E-state index is 0. The van der Waals surface area contributed by atoms with Crippen LogP contribution in [0.25, 0.3) is 0 Å². The first-order chi connectivity index (χ1) is 2.83. The molecule has 46 valence electrons. The predicted molar refractivity (Wildman–Crippen MR) is 30.7 cm³/mol. The van der Waals surface area contributed by atoms with Gasteiger partial charge in [0.25, 0.3) is 0 Å². The van der Waals surface area contributed by atoms with E-state index in [2.05, 4.69) is 27.7 Å². The molecule has 0 nitrogen and oxygen atoms in total. The molecule has 0 saturated carbocycles. The van der Waals surface area contributed by atoms with Crippen molar-refractivity contribution in [3.63, 3.8) is 0 Å². The molecule has 0 saturated heterocycles. The molecule has 0 amide bonds. The standard InChI is InChI=1S/2C3H6.2Y/c2*1-3-2;;/h2*1-3H2;;/q2*-2;;. The van der Waals surface area contributed by atoms with E-state index in [4.69, 9.17) is 0 Å². The monoisotopic (exact) mass is 262 g/mol. The van der Waals surface area contributed by atoms with Crippen LogP contribution in [0.1, 0.15) is 12.8 Å². The smallest absolute Gasteiger partial charge is 0 e. The van der Waals surface area contributed by atoms with E-state index in [1.54, 1.807) is 0 Å². The summed E-state index contributed by atoms with van der Waals surface area (Å²) in [5.74, 6) is 0. The molecule has 0 aliphatic rings. The van der Waals surface area contributed by atoms with Gasteiger partial charge in [-0.1, -0.05) is 0 Å². The zero-order valence-corrected chi connectivity index (χ0v) is 11.1. The number of hydrogen-bond donors (Lipinski definition) is 0. The normalized spacial score (nSPS) is 4.50. The largest absolute Gasteiger partial charge is 0.372 e. The second-order valence-corrected chi connectivity index (χ2v) is 0.707. The molecular weight excluding hydrogens is 250 g/mol. The van der Waals surface area contributed by atoms with Crippen LogP contribution in [-0.4, -0.2) is 0 Å². The summed E-state index contributed by atoms with van der Waals surface area (Å²) in [6.45, 7) is 13.5. The van der Waals surface area contributed by atoms with E-state index in [1.165, 1.54) is 0 Å². The van der Waals surface area contributed by atoms with Crippen molar-refractivity contribution in [2.45, 2.75) is 12.8 Å². The van der Waals surface area contributed by atoms with Crippen molar-refractivity contribution in [3.05, 3.63) is 27.7 Å². The maximum atomic E-state index is 3.38. The molecule has 2 heteroatoms. The van der Waals surface area contributed by atoms with Crippen LogP contribution in [0.4, 0.5) is 0 Å². The summed E-state index contributed by atoms with van der Waals surface area (Å²) in [7, 11) is 0. The second-order valence-electron chi connectivity index (χ2n) is 0.707. The van der Waals surface area contributed by atoms with Gasteiger partial charge in [0, 0.05) is 65.4 Å². The summed E-state index contributed by atoms with van der Waals surface area (Å²) in [5, 5.41) is 0. The van der Waals surface area contributed by atoms with Crippen LogP contribution in [0, 0.1) is 27.7 Å². The SMILES string of the molecule is [CH2-]C[CH2-].[CH2-]C[CH2-].[Y].[Y]. The van der Waals surface area contributed by atoms with Gasteiger partial charge in [0.15, 0.2) is 0 Å². The Morgan fingerprint density at radius 3 is 0.625 bits per heavy atom. The first-order valence-electron chi connectivity index (χ1n) is 2.00. The van der Waals surface area contributed by atoms with Crippen LogP contribution in [0.3, 0.4) is 0 Å². The average Bonchev–Trinajstić information content (AvgIpc) is 1.39. The zero-order chi connectivity index (χ0) is 5.41. The third-order valence-corrected chi connectivity index (χ3v) is 0. The molecule has 0 fully saturated rings. The molecule has 2 radical (unpaired) electrons. The van der Waals surface area contributed by atoms with Crippen molar-refractivity contribution in [2.24, 2.45) is 0 Å². The summed E-state index contributed by atoms with van der Waals surface area (Å²) in [5.41, 5.74) is 0. The summed E-state index contributed by atoms with van der Waals surface area (Å²) >= 11 is 0. The zero-order valence-electron chi connectivity index (χ0n) is 5.40. The van der Waals surface area contributed by atoms with Crippen LogP contribution in [-0.2, 0) is 65.4 Å². The van der Waals surface area contributed by atoms with Gasteiger partial charge < -0.3 is 40.5 Å². The van der Waals surface area contributed by atoms with Crippen molar-refractivity contribution in [1.82, 2.24) is 0 Å². The van der Waals surface area contributed by atoms with Crippen LogP contribution in [0.15, 0.2) is 0 Å². The fourth-order valence-corrected chi connectivity index (χ4v) is 0. The van der Waals surface area contributed by atoms with Crippen molar-refractivity contribution < 1.29 is 65.4 Å². The minimum Gasteiger partial charge on any atom is -0.372 e. The van der Waals surface area contributed by atoms with E-state index in [1.807, 2.05) is 0 Å². The van der Waals surface area contributed by atoms with Crippen LogP contribution in [0.5, 0.6) is 0 Å². The van der Waals surface area contributed by atoms with Gasteiger partial charge >= 0.3 is 0 Å². The maximum absolute atomic E-state index is 3.38. The Labute approximate surface area is 104 Å². The topological polar surface area (TPSA) is 0 Å². The molecule has 8 heavy (non-hydrogen) atoms. The molecule has 0 aromatic rings. The van der Waals surface area contributed by atoms with Crippen molar-refractivity contribution in [3.8, 4) is 0 Å². The molecule has 0 rings (SSSR count). The van der Waals surface area contributed by atoms with E-state index in [9.17, 15) is 0 Å². The number of hydrogen-bond acceptors (Lipinski definition) is 0. The van der Waals surface area contributed by atoms with Gasteiger partial charge in [0.05, 0.1) is 0 Å². The van der Waals surface area contributed by atoms with E-state index in [0.717, 1.165) is 12.8 Å². The van der Waals surface area contributed by atoms with Gasteiger partial charge in [-0.25, -0.2) is 0 Å².